The molecule has 0 aliphatic rings. The van der Waals surface area contributed by atoms with Gasteiger partial charge in [-0.05, 0) is 58.2 Å². The first-order valence-electron chi connectivity index (χ1n) is 7.21. The van der Waals surface area contributed by atoms with Crippen LogP contribution in [0.25, 0.3) is 0 Å². The number of benzene rings is 2. The first-order chi connectivity index (χ1) is 11.5. The second-order valence-corrected chi connectivity index (χ2v) is 6.65. The third kappa shape index (κ3) is 5.35. The molecule has 0 fully saturated rings. The van der Waals surface area contributed by atoms with Gasteiger partial charge in [-0.2, -0.15) is 5.10 Å². The summed E-state index contributed by atoms with van der Waals surface area (Å²) in [6.07, 6.45) is 1.74. The van der Waals surface area contributed by atoms with Crippen molar-refractivity contribution in [3.05, 3.63) is 56.5 Å². The molecule has 0 bridgehead atoms. The minimum Gasteiger partial charge on any atom is -0.503 e. The number of nitrogens with zero attached hydrogens (tertiary/aromatic N) is 1. The molecule has 2 aromatic carbocycles. The summed E-state index contributed by atoms with van der Waals surface area (Å²) >= 11 is 6.61. The lowest BCUT2D eigenvalue weighted by Gasteiger charge is -2.08. The van der Waals surface area contributed by atoms with E-state index >= 15 is 0 Å². The topological polar surface area (TPSA) is 70.9 Å². The molecule has 0 unspecified atom stereocenters. The number of phenols is 1. The average Bonchev–Trinajstić information content (AvgIpc) is 2.54. The number of nitrogens with one attached hydrogen (secondary N) is 1. The smallest absolute Gasteiger partial charge is 0.244 e. The monoisotopic (exact) mass is 454 g/mol. The maximum absolute atomic E-state index is 11.9. The molecular weight excluding hydrogens is 440 g/mol. The van der Waals surface area contributed by atoms with Crippen molar-refractivity contribution in [3.63, 3.8) is 0 Å². The highest BCUT2D eigenvalue weighted by molar-refractivity contribution is 9.10. The van der Waals surface area contributed by atoms with Gasteiger partial charge in [0.1, 0.15) is 0 Å². The Hall–Kier alpha value is -1.86. The van der Waals surface area contributed by atoms with Gasteiger partial charge in [-0.25, -0.2) is 5.43 Å². The van der Waals surface area contributed by atoms with Crippen LogP contribution in [-0.4, -0.2) is 23.8 Å². The van der Waals surface area contributed by atoms with Gasteiger partial charge in [0, 0.05) is 4.47 Å². The van der Waals surface area contributed by atoms with E-state index in [1.165, 1.54) is 6.21 Å². The molecule has 2 N–H and O–H groups in total. The zero-order valence-electron chi connectivity index (χ0n) is 12.9. The lowest BCUT2D eigenvalue weighted by molar-refractivity contribution is -0.120. The standard InChI is InChI=1S/C17H16Br2N2O3/c1-2-24-15-8-12(7-14(19)17(15)23)10-20-21-16(22)9-11-3-5-13(18)6-4-11/h3-8,10,23H,2,9H2,1H3,(H,21,22)/b20-10+. The van der Waals surface area contributed by atoms with Crippen molar-refractivity contribution in [3.8, 4) is 11.5 Å². The van der Waals surface area contributed by atoms with Crippen molar-refractivity contribution in [1.29, 1.82) is 0 Å². The Morgan fingerprint density at radius 1 is 1.29 bits per heavy atom. The number of hydrogen-bond acceptors (Lipinski definition) is 4. The van der Waals surface area contributed by atoms with Crippen molar-refractivity contribution >= 4 is 44.0 Å². The summed E-state index contributed by atoms with van der Waals surface area (Å²) in [6, 6.07) is 10.8. The molecule has 0 saturated heterocycles. The van der Waals surface area contributed by atoms with Crippen molar-refractivity contribution in [2.24, 2.45) is 5.10 Å². The van der Waals surface area contributed by atoms with E-state index in [1.807, 2.05) is 31.2 Å². The maximum Gasteiger partial charge on any atom is 0.244 e. The summed E-state index contributed by atoms with van der Waals surface area (Å²) in [5, 5.41) is 13.8. The average molecular weight is 456 g/mol. The molecule has 1 amide bonds. The number of carbonyl (C=O) groups is 1. The number of rotatable bonds is 6. The fourth-order valence-electron chi connectivity index (χ4n) is 1.94. The molecule has 0 saturated carbocycles. The number of halogens is 2. The number of ether oxygens (including phenoxy) is 1. The van der Waals surface area contributed by atoms with E-state index in [4.69, 9.17) is 4.74 Å². The largest absolute Gasteiger partial charge is 0.503 e. The van der Waals surface area contributed by atoms with E-state index in [0.29, 0.717) is 22.4 Å². The fourth-order valence-corrected chi connectivity index (χ4v) is 2.66. The third-order valence-corrected chi connectivity index (χ3v) is 4.16. The number of carbonyl (C=O) groups excluding carboxylic acids is 1. The molecular formula is C17H16Br2N2O3. The molecule has 0 aliphatic heterocycles. The van der Waals surface area contributed by atoms with Crippen LogP contribution in [0.5, 0.6) is 11.5 Å². The molecule has 7 heteroatoms. The second kappa shape index (κ2) is 8.84. The molecule has 0 heterocycles. The Morgan fingerprint density at radius 3 is 2.67 bits per heavy atom. The van der Waals surface area contributed by atoms with Crippen LogP contribution < -0.4 is 10.2 Å². The van der Waals surface area contributed by atoms with Gasteiger partial charge in [0.2, 0.25) is 5.91 Å². The van der Waals surface area contributed by atoms with Gasteiger partial charge in [-0.3, -0.25) is 4.79 Å². The van der Waals surface area contributed by atoms with Crippen LogP contribution in [0.15, 0.2) is 50.4 Å². The third-order valence-electron chi connectivity index (χ3n) is 3.03. The number of amides is 1. The van der Waals surface area contributed by atoms with Crippen molar-refractivity contribution in [2.75, 3.05) is 6.61 Å². The summed E-state index contributed by atoms with van der Waals surface area (Å²) in [5.74, 6) is 0.180. The van der Waals surface area contributed by atoms with E-state index in [-0.39, 0.29) is 18.1 Å². The van der Waals surface area contributed by atoms with E-state index in [9.17, 15) is 9.90 Å². The zero-order chi connectivity index (χ0) is 17.5. The van der Waals surface area contributed by atoms with Crippen LogP contribution in [0.1, 0.15) is 18.1 Å². The zero-order valence-corrected chi connectivity index (χ0v) is 16.1. The molecule has 2 rings (SSSR count). The maximum atomic E-state index is 11.9. The molecule has 0 atom stereocenters. The summed E-state index contributed by atoms with van der Waals surface area (Å²) in [6.45, 7) is 2.26. The quantitative estimate of drug-likeness (QED) is 0.510. The van der Waals surface area contributed by atoms with Gasteiger partial charge in [0.25, 0.3) is 0 Å². The Balaban J connectivity index is 1.98. The van der Waals surface area contributed by atoms with E-state index in [2.05, 4.69) is 42.4 Å². The highest BCUT2D eigenvalue weighted by Gasteiger charge is 2.08. The molecule has 126 valence electrons. The predicted octanol–water partition coefficient (Wildman–Crippen LogP) is 4.01. The summed E-state index contributed by atoms with van der Waals surface area (Å²) in [5.41, 5.74) is 4.07. The Kier molecular flexibility index (Phi) is 6.81. The Bertz CT molecular complexity index is 746. The van der Waals surface area contributed by atoms with Crippen LogP contribution >= 0.6 is 31.9 Å². The normalized spacial score (nSPS) is 10.8. The van der Waals surface area contributed by atoms with Crippen LogP contribution in [0.4, 0.5) is 0 Å². The van der Waals surface area contributed by atoms with Crippen LogP contribution in [0, 0.1) is 0 Å². The van der Waals surface area contributed by atoms with Gasteiger partial charge in [-0.1, -0.05) is 28.1 Å². The Morgan fingerprint density at radius 2 is 2.00 bits per heavy atom. The summed E-state index contributed by atoms with van der Waals surface area (Å²) in [7, 11) is 0. The number of hydrogen-bond donors (Lipinski definition) is 2. The molecule has 5 nitrogen and oxygen atoms in total. The van der Waals surface area contributed by atoms with Gasteiger partial charge in [0.15, 0.2) is 11.5 Å². The predicted molar refractivity (Wildman–Crippen MR) is 101 cm³/mol. The molecule has 0 aromatic heterocycles. The first kappa shape index (κ1) is 18.5. The van der Waals surface area contributed by atoms with Crippen LogP contribution in [0.2, 0.25) is 0 Å². The van der Waals surface area contributed by atoms with Gasteiger partial charge in [-0.15, -0.1) is 0 Å². The molecule has 0 spiro atoms. The highest BCUT2D eigenvalue weighted by Crippen LogP contribution is 2.34. The Labute approximate surface area is 157 Å². The van der Waals surface area contributed by atoms with E-state index in [1.54, 1.807) is 12.1 Å². The van der Waals surface area contributed by atoms with E-state index < -0.39 is 0 Å². The summed E-state index contributed by atoms with van der Waals surface area (Å²) < 4.78 is 6.80. The number of hydrazone groups is 1. The highest BCUT2D eigenvalue weighted by atomic mass is 79.9. The van der Waals surface area contributed by atoms with Crippen molar-refractivity contribution < 1.29 is 14.6 Å². The first-order valence-corrected chi connectivity index (χ1v) is 8.80. The molecule has 0 radical (unpaired) electrons. The van der Waals surface area contributed by atoms with Crippen molar-refractivity contribution in [1.82, 2.24) is 5.43 Å². The summed E-state index contributed by atoms with van der Waals surface area (Å²) in [4.78, 5) is 11.9. The van der Waals surface area contributed by atoms with E-state index in [0.717, 1.165) is 10.0 Å². The van der Waals surface area contributed by atoms with Gasteiger partial charge in [0.05, 0.1) is 23.7 Å². The van der Waals surface area contributed by atoms with Crippen LogP contribution in [0.3, 0.4) is 0 Å². The van der Waals surface area contributed by atoms with Crippen LogP contribution in [-0.2, 0) is 11.2 Å². The molecule has 2 aromatic rings. The minimum atomic E-state index is -0.212. The number of aromatic hydroxyl groups is 1. The van der Waals surface area contributed by atoms with Gasteiger partial charge < -0.3 is 9.84 Å². The fraction of sp³-hybridized carbons (Fsp3) is 0.176. The van der Waals surface area contributed by atoms with Crippen molar-refractivity contribution in [2.45, 2.75) is 13.3 Å². The minimum absolute atomic E-state index is 0.0354. The lowest BCUT2D eigenvalue weighted by Crippen LogP contribution is -2.19. The molecule has 0 aliphatic carbocycles. The molecule has 24 heavy (non-hydrogen) atoms. The second-order valence-electron chi connectivity index (χ2n) is 4.88. The lowest BCUT2D eigenvalue weighted by atomic mass is 10.1. The van der Waals surface area contributed by atoms with Gasteiger partial charge >= 0.3 is 0 Å². The number of phenolic OH excluding ortho intramolecular Hbond substituents is 1. The SMILES string of the molecule is CCOc1cc(/C=N/NC(=O)Cc2ccc(Br)cc2)cc(Br)c1O.